The number of alkyl halides is 3. The van der Waals surface area contributed by atoms with Crippen molar-refractivity contribution in [3.8, 4) is 17.4 Å². The Kier molecular flexibility index (Phi) is 7.79. The average molecular weight is 569 g/mol. The number of anilines is 2. The van der Waals surface area contributed by atoms with Crippen molar-refractivity contribution < 1.29 is 27.4 Å². The predicted octanol–water partition coefficient (Wildman–Crippen LogP) is 5.26. The molecule has 1 aliphatic rings. The molecule has 41 heavy (non-hydrogen) atoms. The summed E-state index contributed by atoms with van der Waals surface area (Å²) in [5.74, 6) is 0.632. The average Bonchev–Trinajstić information content (AvgIpc) is 2.91. The standard InChI is InChI=1S/C28H27F3N6O4/c1-3-37-10-9-19(37)15-40-25-24(11-17(14-32-25)28(29,30)31)35-27(39)34-18-5-4-6-20(12-18)41-21-7-8-23-22(13-21)26(38)36(2)16-33-23/h4-8,11-14,16,19H,3,9-10,15H2,1-2H3,(H2,34,35,39)/t19-/m0/s1. The number of pyridine rings is 1. The molecule has 0 spiro atoms. The van der Waals surface area contributed by atoms with Crippen molar-refractivity contribution in [2.45, 2.75) is 25.6 Å². The lowest BCUT2D eigenvalue weighted by Gasteiger charge is -2.39. The molecule has 0 saturated carbocycles. The van der Waals surface area contributed by atoms with Crippen LogP contribution >= 0.6 is 0 Å². The molecule has 0 unspecified atom stereocenters. The van der Waals surface area contributed by atoms with Crippen LogP contribution in [0.25, 0.3) is 10.9 Å². The van der Waals surface area contributed by atoms with Crippen LogP contribution in [0.4, 0.5) is 29.3 Å². The highest BCUT2D eigenvalue weighted by atomic mass is 19.4. The summed E-state index contributed by atoms with van der Waals surface area (Å²) in [5, 5.41) is 5.39. The van der Waals surface area contributed by atoms with Gasteiger partial charge in [0.05, 0.1) is 22.8 Å². The first kappa shape index (κ1) is 27.9. The number of benzene rings is 2. The fourth-order valence-electron chi connectivity index (χ4n) is 4.40. The van der Waals surface area contributed by atoms with Gasteiger partial charge in [-0.1, -0.05) is 13.0 Å². The zero-order chi connectivity index (χ0) is 29.1. The summed E-state index contributed by atoms with van der Waals surface area (Å²) in [7, 11) is 1.60. The second-order valence-corrected chi connectivity index (χ2v) is 9.51. The van der Waals surface area contributed by atoms with Crippen LogP contribution in [0.5, 0.6) is 17.4 Å². The van der Waals surface area contributed by atoms with E-state index in [1.807, 2.05) is 6.92 Å². The number of hydrogen-bond acceptors (Lipinski definition) is 7. The number of nitrogens with one attached hydrogen (secondary N) is 2. The number of urea groups is 1. The van der Waals surface area contributed by atoms with Crippen LogP contribution in [-0.2, 0) is 13.2 Å². The Balaban J connectivity index is 1.29. The fourth-order valence-corrected chi connectivity index (χ4v) is 4.40. The summed E-state index contributed by atoms with van der Waals surface area (Å²) in [6.07, 6.45) is -1.64. The van der Waals surface area contributed by atoms with Crippen molar-refractivity contribution in [3.63, 3.8) is 0 Å². The molecule has 0 radical (unpaired) electrons. The van der Waals surface area contributed by atoms with Gasteiger partial charge in [-0.3, -0.25) is 9.69 Å². The second-order valence-electron chi connectivity index (χ2n) is 9.51. The number of aryl methyl sites for hydroxylation is 1. The number of halogens is 3. The van der Waals surface area contributed by atoms with E-state index in [9.17, 15) is 22.8 Å². The number of likely N-dealkylation sites (tertiary alicyclic amines) is 1. The Morgan fingerprint density at radius 1 is 1.10 bits per heavy atom. The van der Waals surface area contributed by atoms with E-state index in [2.05, 4.69) is 25.5 Å². The number of fused-ring (bicyclic) bond motifs is 1. The first-order valence-electron chi connectivity index (χ1n) is 12.9. The van der Waals surface area contributed by atoms with Gasteiger partial charge in [-0.05, 0) is 49.4 Å². The molecule has 10 nitrogen and oxygen atoms in total. The Morgan fingerprint density at radius 3 is 2.63 bits per heavy atom. The molecule has 3 heterocycles. The van der Waals surface area contributed by atoms with E-state index in [0.717, 1.165) is 25.6 Å². The molecule has 5 rings (SSSR count). The number of ether oxygens (including phenoxy) is 2. The molecule has 2 N–H and O–H groups in total. The molecule has 1 atom stereocenters. The van der Waals surface area contributed by atoms with Gasteiger partial charge in [0.25, 0.3) is 5.56 Å². The Morgan fingerprint density at radius 2 is 1.90 bits per heavy atom. The van der Waals surface area contributed by atoms with Crippen molar-refractivity contribution in [3.05, 3.63) is 77.0 Å². The number of hydrogen-bond donors (Lipinski definition) is 2. The zero-order valence-electron chi connectivity index (χ0n) is 22.2. The quantitative estimate of drug-likeness (QED) is 0.299. The SMILES string of the molecule is CCN1CC[C@H]1COc1ncc(C(F)(F)F)cc1NC(=O)Nc1cccc(Oc2ccc3ncn(C)c(=O)c3c2)c1. The van der Waals surface area contributed by atoms with Crippen molar-refractivity contribution >= 4 is 28.3 Å². The fraction of sp³-hybridized carbons (Fsp3) is 0.286. The number of carbonyl (C=O) groups excluding carboxylic acids is 1. The van der Waals surface area contributed by atoms with Gasteiger partial charge in [0.1, 0.15) is 23.8 Å². The molecule has 1 aliphatic heterocycles. The van der Waals surface area contributed by atoms with Crippen molar-refractivity contribution in [2.75, 3.05) is 30.3 Å². The van der Waals surface area contributed by atoms with Crippen LogP contribution in [0.15, 0.2) is 65.8 Å². The van der Waals surface area contributed by atoms with Gasteiger partial charge in [-0.2, -0.15) is 13.2 Å². The third-order valence-corrected chi connectivity index (χ3v) is 6.73. The second kappa shape index (κ2) is 11.5. The topological polar surface area (TPSA) is 111 Å². The smallest absolute Gasteiger partial charge is 0.417 e. The summed E-state index contributed by atoms with van der Waals surface area (Å²) >= 11 is 0. The number of likely N-dealkylation sites (N-methyl/N-ethyl adjacent to an activating group) is 1. The molecule has 4 aromatic rings. The lowest BCUT2D eigenvalue weighted by atomic mass is 10.1. The van der Waals surface area contributed by atoms with Gasteiger partial charge >= 0.3 is 12.2 Å². The maximum atomic E-state index is 13.4. The van der Waals surface area contributed by atoms with E-state index in [-0.39, 0.29) is 29.8 Å². The maximum absolute atomic E-state index is 13.4. The van der Waals surface area contributed by atoms with Crippen LogP contribution in [-0.4, -0.2) is 51.2 Å². The Bertz CT molecular complexity index is 1640. The van der Waals surface area contributed by atoms with Crippen LogP contribution in [0.1, 0.15) is 18.9 Å². The highest BCUT2D eigenvalue weighted by Gasteiger charge is 2.33. The third kappa shape index (κ3) is 6.40. The first-order valence-corrected chi connectivity index (χ1v) is 12.9. The summed E-state index contributed by atoms with van der Waals surface area (Å²) in [6, 6.07) is 11.4. The molecule has 1 fully saturated rings. The lowest BCUT2D eigenvalue weighted by Crippen LogP contribution is -2.50. The van der Waals surface area contributed by atoms with Gasteiger partial charge in [-0.15, -0.1) is 0 Å². The first-order chi connectivity index (χ1) is 19.6. The normalized spacial score (nSPS) is 15.3. The molecular formula is C28H27F3N6O4. The molecule has 2 aromatic carbocycles. The van der Waals surface area contributed by atoms with E-state index >= 15 is 0 Å². The van der Waals surface area contributed by atoms with E-state index in [1.165, 1.54) is 17.0 Å². The largest absolute Gasteiger partial charge is 0.475 e. The number of aromatic nitrogens is 3. The van der Waals surface area contributed by atoms with Crippen molar-refractivity contribution in [2.24, 2.45) is 7.05 Å². The van der Waals surface area contributed by atoms with Crippen molar-refractivity contribution in [1.82, 2.24) is 19.4 Å². The minimum Gasteiger partial charge on any atom is -0.475 e. The monoisotopic (exact) mass is 568 g/mol. The molecule has 2 aromatic heterocycles. The number of rotatable bonds is 8. The van der Waals surface area contributed by atoms with Crippen LogP contribution in [0.3, 0.4) is 0 Å². The molecule has 1 saturated heterocycles. The molecular weight excluding hydrogens is 541 g/mol. The van der Waals surface area contributed by atoms with Gasteiger partial charge < -0.3 is 24.7 Å². The summed E-state index contributed by atoms with van der Waals surface area (Å²) in [4.78, 5) is 35.4. The number of nitrogens with zero attached hydrogens (tertiary/aromatic N) is 4. The van der Waals surface area contributed by atoms with Crippen LogP contribution < -0.4 is 25.7 Å². The summed E-state index contributed by atoms with van der Waals surface area (Å²) in [5.41, 5.74) is -0.618. The molecule has 2 amide bonds. The highest BCUT2D eigenvalue weighted by Crippen LogP contribution is 2.34. The Hall–Kier alpha value is -4.65. The van der Waals surface area contributed by atoms with E-state index in [1.54, 1.807) is 43.4 Å². The van der Waals surface area contributed by atoms with Gasteiger partial charge in [0.2, 0.25) is 5.88 Å². The molecule has 0 bridgehead atoms. The van der Waals surface area contributed by atoms with E-state index < -0.39 is 17.8 Å². The van der Waals surface area contributed by atoms with Gasteiger partial charge in [0, 0.05) is 37.6 Å². The van der Waals surface area contributed by atoms with Gasteiger partial charge in [-0.25, -0.2) is 14.8 Å². The minimum absolute atomic E-state index is 0.106. The van der Waals surface area contributed by atoms with Crippen LogP contribution in [0.2, 0.25) is 0 Å². The molecule has 0 aliphatic carbocycles. The predicted molar refractivity (Wildman–Crippen MR) is 147 cm³/mol. The zero-order valence-corrected chi connectivity index (χ0v) is 22.2. The van der Waals surface area contributed by atoms with Crippen molar-refractivity contribution in [1.29, 1.82) is 0 Å². The highest BCUT2D eigenvalue weighted by molar-refractivity contribution is 6.00. The van der Waals surface area contributed by atoms with Gasteiger partial charge in [0.15, 0.2) is 0 Å². The maximum Gasteiger partial charge on any atom is 0.417 e. The molecule has 214 valence electrons. The van der Waals surface area contributed by atoms with E-state index in [0.29, 0.717) is 34.3 Å². The minimum atomic E-state index is -4.65. The lowest BCUT2D eigenvalue weighted by molar-refractivity contribution is -0.137. The molecule has 13 heteroatoms. The van der Waals surface area contributed by atoms with Crippen LogP contribution in [0, 0.1) is 0 Å². The third-order valence-electron chi connectivity index (χ3n) is 6.73. The summed E-state index contributed by atoms with van der Waals surface area (Å²) < 4.78 is 53.0. The Labute approximate surface area is 232 Å². The number of amides is 2. The van der Waals surface area contributed by atoms with E-state index in [4.69, 9.17) is 9.47 Å². The number of carbonyl (C=O) groups is 1. The summed E-state index contributed by atoms with van der Waals surface area (Å²) in [6.45, 7) is 4.01.